The minimum Gasteiger partial charge on any atom is -0.478 e. The summed E-state index contributed by atoms with van der Waals surface area (Å²) in [6, 6.07) is 3.50. The van der Waals surface area contributed by atoms with Crippen LogP contribution >= 0.6 is 0 Å². The molecular weight excluding hydrogens is 1590 g/mol. The van der Waals surface area contributed by atoms with Gasteiger partial charge in [0.2, 0.25) is 0 Å². The van der Waals surface area contributed by atoms with Gasteiger partial charge in [0.05, 0.1) is 56.4 Å². The summed E-state index contributed by atoms with van der Waals surface area (Å²) in [5.41, 5.74) is -2.59. The van der Waals surface area contributed by atoms with Crippen LogP contribution < -0.4 is 74.5 Å². The summed E-state index contributed by atoms with van der Waals surface area (Å²) in [6.07, 6.45) is 0. The van der Waals surface area contributed by atoms with E-state index in [-0.39, 0.29) is 134 Å². The van der Waals surface area contributed by atoms with Crippen molar-refractivity contribution >= 4 is 47.2 Å². The number of hydrogen-bond donors (Lipinski definition) is 0. The molecule has 0 N–H and O–H groups in total. The Morgan fingerprint density at radius 1 is 0.255 bits per heavy atom. The summed E-state index contributed by atoms with van der Waals surface area (Å²) in [5, 5.41) is 14.6. The Balaban J connectivity index is -0.000000254. The molecule has 0 spiro atoms. The van der Waals surface area contributed by atoms with E-state index < -0.39 is 41.0 Å². The van der Waals surface area contributed by atoms with Gasteiger partial charge in [-0.2, -0.15) is 10.5 Å². The Labute approximate surface area is 626 Å². The maximum atomic E-state index is 8.49. The van der Waals surface area contributed by atoms with Crippen molar-refractivity contribution in [2.24, 2.45) is 61.6 Å². The summed E-state index contributed by atoms with van der Waals surface area (Å²) in [5.74, 6) is 5.88. The van der Waals surface area contributed by atoms with Crippen molar-refractivity contribution < 1.29 is 222 Å². The number of ether oxygens (including phenoxy) is 8. The van der Waals surface area contributed by atoms with Gasteiger partial charge in [0.1, 0.15) is 74.5 Å². The van der Waals surface area contributed by atoms with Crippen molar-refractivity contribution in [3.05, 3.63) is 0 Å². The molecule has 0 fully saturated rings. The number of aliphatic imine (C=N–C) groups is 8. The first kappa shape index (κ1) is 106. The van der Waals surface area contributed by atoms with Crippen molar-refractivity contribution in [2.45, 2.75) is 224 Å². The van der Waals surface area contributed by atoms with Gasteiger partial charge in [0.25, 0.3) is 0 Å². The van der Waals surface area contributed by atoms with Crippen LogP contribution in [0.15, 0.2) is 39.9 Å². The number of hydrogen-bond acceptors (Lipinski definition) is 34. The summed E-state index contributed by atoms with van der Waals surface area (Å²) < 4.78 is 182. The SMILES string of the molecule is CC#N.CC#N.CC1(C)COC(C(C)(C)C2=NC(C)(C)CO2)=N1.CC1(C)COC(C(C)(C)C2=NC(C)(C)CO2)=N1.CC1(C)COC(C(C)(C)C2=NC(C)(C)CO2)=N1.CC1(C)COC(C(C)(C)C2=NC(C)(C)CO2)=N1.[Cu+].[Cu+].[Cu+].[Cu+].[O-][Cl+3]([O-])([O-])[O-].[O-][Cl+3]([O-])([O-])[O-].[O-][Cl+3]([O-])([O-])[O-].[O-][Cl+3]([O-])([O-])[O-]. The summed E-state index contributed by atoms with van der Waals surface area (Å²) >= 11 is 0. The van der Waals surface area contributed by atoms with E-state index in [4.69, 9.17) is 123 Å². The van der Waals surface area contributed by atoms with Gasteiger partial charge < -0.3 is 37.9 Å². The van der Waals surface area contributed by atoms with Gasteiger partial charge >= 0.3 is 68.3 Å². The largest absolute Gasteiger partial charge is 1.00 e. The Hall–Kier alpha value is -2.66. The first-order chi connectivity index (χ1) is 41.3. The van der Waals surface area contributed by atoms with E-state index in [9.17, 15) is 0 Å². The van der Waals surface area contributed by atoms with E-state index >= 15 is 0 Å². The predicted molar refractivity (Wildman–Crippen MR) is 297 cm³/mol. The Kier molecular flexibility index (Phi) is 43.4. The second-order valence-corrected chi connectivity index (χ2v) is 31.6. The third kappa shape index (κ3) is 44.8. The first-order valence-corrected chi connectivity index (χ1v) is 33.2. The average Bonchev–Trinajstić information content (AvgIpc) is 1.65. The van der Waals surface area contributed by atoms with E-state index in [1.54, 1.807) is 12.1 Å². The topological polar surface area (TPSA) is 589 Å². The van der Waals surface area contributed by atoms with Gasteiger partial charge in [-0.1, -0.05) is 0 Å². The molecule has 8 aliphatic rings. The molecule has 8 heterocycles. The number of nitrogens with zero attached hydrogens (tertiary/aromatic N) is 10. The average molecular weight is 1690 g/mol. The van der Waals surface area contributed by atoms with Crippen molar-refractivity contribution in [3.63, 3.8) is 0 Å². The molecule has 0 radical (unpaired) electrons. The quantitative estimate of drug-likeness (QED) is 0.204. The fourth-order valence-electron chi connectivity index (χ4n) is 7.60. The molecule has 0 saturated carbocycles. The van der Waals surface area contributed by atoms with Crippen LogP contribution in [0.2, 0.25) is 0 Å². The van der Waals surface area contributed by atoms with E-state index in [0.29, 0.717) is 52.9 Å². The summed E-state index contributed by atoms with van der Waals surface area (Å²) in [4.78, 5) is 36.9. The van der Waals surface area contributed by atoms with E-state index in [2.05, 4.69) is 151 Å². The molecular formula is C56H94Cl4Cu4N10O24. The molecule has 98 heavy (non-hydrogen) atoms. The fraction of sp³-hybridized carbons (Fsp3) is 0.821. The number of nitriles is 2. The third-order valence-electron chi connectivity index (χ3n) is 12.0. The molecule has 0 saturated heterocycles. The predicted octanol–water partition coefficient (Wildman–Crippen LogP) is -8.27. The second kappa shape index (κ2) is 40.0. The van der Waals surface area contributed by atoms with Crippen LogP contribution in [0.1, 0.15) is 180 Å². The molecule has 0 aromatic rings. The second-order valence-electron chi connectivity index (χ2n) is 28.6. The van der Waals surface area contributed by atoms with Gasteiger partial charge in [-0.25, -0.2) is 114 Å². The molecule has 0 aromatic heterocycles. The molecule has 0 unspecified atom stereocenters. The van der Waals surface area contributed by atoms with E-state index in [1.165, 1.54) is 13.8 Å². The molecule has 0 atom stereocenters. The van der Waals surface area contributed by atoms with Crippen LogP contribution in [0.3, 0.4) is 0 Å². The normalized spacial score (nSPS) is 20.7. The minimum absolute atomic E-state index is 0. The van der Waals surface area contributed by atoms with Crippen molar-refractivity contribution in [1.29, 1.82) is 10.5 Å². The zero-order chi connectivity index (χ0) is 75.0. The van der Waals surface area contributed by atoms with Crippen LogP contribution in [0.5, 0.6) is 0 Å². The van der Waals surface area contributed by atoms with Crippen LogP contribution in [-0.4, -0.2) is 144 Å². The van der Waals surface area contributed by atoms with Crippen LogP contribution in [0.25, 0.3) is 0 Å². The zero-order valence-corrected chi connectivity index (χ0v) is 66.4. The maximum Gasteiger partial charge on any atom is 1.00 e. The summed E-state index contributed by atoms with van der Waals surface area (Å²) in [7, 11) is -19.8. The Bertz CT molecular complexity index is 2320. The molecule has 0 aliphatic carbocycles. The molecule has 0 amide bonds. The van der Waals surface area contributed by atoms with E-state index in [0.717, 1.165) is 47.2 Å². The smallest absolute Gasteiger partial charge is 0.478 e. The van der Waals surface area contributed by atoms with Crippen molar-refractivity contribution in [2.75, 3.05) is 52.9 Å². The van der Waals surface area contributed by atoms with Crippen molar-refractivity contribution in [1.82, 2.24) is 0 Å². The van der Waals surface area contributed by atoms with E-state index in [1.807, 2.05) is 55.4 Å². The molecule has 0 aromatic carbocycles. The molecule has 0 bridgehead atoms. The first-order valence-electron chi connectivity index (χ1n) is 28.3. The molecule has 584 valence electrons. The minimum atomic E-state index is -4.94. The maximum absolute atomic E-state index is 8.49. The monoisotopic (exact) mass is 1680 g/mol. The number of halogens is 4. The van der Waals surface area contributed by atoms with Crippen LogP contribution in [-0.2, 0) is 106 Å². The zero-order valence-electron chi connectivity index (χ0n) is 59.6. The van der Waals surface area contributed by atoms with Gasteiger partial charge in [0, 0.05) is 13.8 Å². The van der Waals surface area contributed by atoms with Gasteiger partial charge in [0.15, 0.2) is 47.2 Å². The van der Waals surface area contributed by atoms with Crippen LogP contribution in [0.4, 0.5) is 0 Å². The summed E-state index contributed by atoms with van der Waals surface area (Å²) in [6.45, 7) is 57.3. The fourth-order valence-corrected chi connectivity index (χ4v) is 7.60. The van der Waals surface area contributed by atoms with Gasteiger partial charge in [-0.3, -0.25) is 0 Å². The van der Waals surface area contributed by atoms with Gasteiger partial charge in [-0.15, -0.1) is 41.0 Å². The molecule has 34 nitrogen and oxygen atoms in total. The van der Waals surface area contributed by atoms with Gasteiger partial charge in [-0.05, 0) is 166 Å². The Morgan fingerprint density at radius 2 is 0.316 bits per heavy atom. The molecule has 8 aliphatic heterocycles. The third-order valence-corrected chi connectivity index (χ3v) is 12.0. The Morgan fingerprint density at radius 3 is 0.357 bits per heavy atom. The van der Waals surface area contributed by atoms with Crippen molar-refractivity contribution in [3.8, 4) is 12.1 Å². The molecule has 8 rings (SSSR count). The molecule has 42 heteroatoms. The number of rotatable bonds is 8. The van der Waals surface area contributed by atoms with Crippen LogP contribution in [0, 0.1) is 85.3 Å². The standard InChI is InChI=1S/4C13H22N2O2.2C2H3N.4ClHO4.4Cu/c4*1-11(2)7-16-9(14-11)13(5,6)10-15-12(3,4)8-17-10;2*1-2-3;4*2-1(3,4)5;;;;/h4*7-8H2,1-6H3;2*1H3;4*(H,2,3,4,5);;;;/q;;;;;;;;;;4*+1/p-4.